The molecule has 3 nitrogen and oxygen atoms in total. The Morgan fingerprint density at radius 1 is 1.14 bits per heavy atom. The van der Waals surface area contributed by atoms with Gasteiger partial charge in [0.25, 0.3) is 0 Å². The van der Waals surface area contributed by atoms with E-state index in [1.54, 1.807) is 30.4 Å². The standard InChI is InChI=1S/C19H28O3/c1-3-4-5-6-7-8-9-10-17(20)13-11-16-12-14-18(21)19(15-16)22-2/h11-15,21H,3-10H2,1-2H3. The molecule has 0 aliphatic carbocycles. The largest absolute Gasteiger partial charge is 0.504 e. The molecule has 0 saturated carbocycles. The molecule has 1 aromatic rings. The van der Waals surface area contributed by atoms with Gasteiger partial charge >= 0.3 is 0 Å². The number of carbonyl (C=O) groups is 1. The predicted molar refractivity (Wildman–Crippen MR) is 91.3 cm³/mol. The van der Waals surface area contributed by atoms with Gasteiger partial charge in [-0.25, -0.2) is 0 Å². The maximum absolute atomic E-state index is 11.8. The lowest BCUT2D eigenvalue weighted by Gasteiger charge is -2.03. The summed E-state index contributed by atoms with van der Waals surface area (Å²) in [7, 11) is 1.51. The van der Waals surface area contributed by atoms with Crippen LogP contribution >= 0.6 is 0 Å². The number of methoxy groups -OCH3 is 1. The molecule has 0 atom stereocenters. The van der Waals surface area contributed by atoms with Crippen LogP contribution in [-0.2, 0) is 4.79 Å². The summed E-state index contributed by atoms with van der Waals surface area (Å²) >= 11 is 0. The maximum Gasteiger partial charge on any atom is 0.161 e. The molecule has 0 unspecified atom stereocenters. The van der Waals surface area contributed by atoms with Gasteiger partial charge in [-0.15, -0.1) is 0 Å². The molecule has 0 bridgehead atoms. The minimum absolute atomic E-state index is 0.106. The van der Waals surface area contributed by atoms with Crippen LogP contribution in [0.15, 0.2) is 24.3 Å². The van der Waals surface area contributed by atoms with Gasteiger partial charge in [0.2, 0.25) is 0 Å². The van der Waals surface area contributed by atoms with Crippen LogP contribution in [0.2, 0.25) is 0 Å². The number of ether oxygens (including phenoxy) is 1. The Labute approximate surface area is 134 Å². The number of ketones is 1. The van der Waals surface area contributed by atoms with Gasteiger partial charge in [0, 0.05) is 6.42 Å². The van der Waals surface area contributed by atoms with E-state index >= 15 is 0 Å². The maximum atomic E-state index is 11.8. The minimum Gasteiger partial charge on any atom is -0.504 e. The molecule has 22 heavy (non-hydrogen) atoms. The highest BCUT2D eigenvalue weighted by molar-refractivity contribution is 5.93. The molecule has 1 aromatic carbocycles. The topological polar surface area (TPSA) is 46.5 Å². The van der Waals surface area contributed by atoms with Crippen LogP contribution in [0, 0.1) is 0 Å². The quantitative estimate of drug-likeness (QED) is 0.455. The molecular formula is C19H28O3. The van der Waals surface area contributed by atoms with E-state index in [-0.39, 0.29) is 11.5 Å². The molecule has 0 amide bonds. The first-order valence-corrected chi connectivity index (χ1v) is 8.25. The van der Waals surface area contributed by atoms with Gasteiger partial charge in [-0.3, -0.25) is 4.79 Å². The summed E-state index contributed by atoms with van der Waals surface area (Å²) in [4.78, 5) is 11.8. The number of phenols is 1. The Kier molecular flexibility index (Phi) is 9.04. The number of carbonyl (C=O) groups excluding carboxylic acids is 1. The summed E-state index contributed by atoms with van der Waals surface area (Å²) in [6.45, 7) is 2.22. The van der Waals surface area contributed by atoms with Crippen molar-refractivity contribution in [2.45, 2.75) is 58.3 Å². The zero-order valence-electron chi connectivity index (χ0n) is 13.8. The molecule has 0 saturated heterocycles. The molecule has 0 radical (unpaired) electrons. The van der Waals surface area contributed by atoms with Gasteiger partial charge in [0.1, 0.15) is 0 Å². The van der Waals surface area contributed by atoms with Gasteiger partial charge in [0.05, 0.1) is 7.11 Å². The van der Waals surface area contributed by atoms with Crippen molar-refractivity contribution >= 4 is 11.9 Å². The molecule has 122 valence electrons. The van der Waals surface area contributed by atoms with Crippen LogP contribution in [0.5, 0.6) is 11.5 Å². The van der Waals surface area contributed by atoms with E-state index in [1.807, 2.05) is 0 Å². The molecule has 0 aliphatic rings. The third-order valence-corrected chi connectivity index (χ3v) is 3.69. The Hall–Kier alpha value is -1.77. The Balaban J connectivity index is 2.27. The van der Waals surface area contributed by atoms with Crippen LogP contribution in [0.1, 0.15) is 63.9 Å². The molecule has 3 heteroatoms. The number of allylic oxidation sites excluding steroid dienone is 1. The lowest BCUT2D eigenvalue weighted by molar-refractivity contribution is -0.114. The molecule has 0 spiro atoms. The highest BCUT2D eigenvalue weighted by Gasteiger charge is 2.01. The highest BCUT2D eigenvalue weighted by atomic mass is 16.5. The first-order chi connectivity index (χ1) is 10.7. The van der Waals surface area contributed by atoms with Crippen LogP contribution < -0.4 is 4.74 Å². The number of benzene rings is 1. The summed E-state index contributed by atoms with van der Waals surface area (Å²) < 4.78 is 5.04. The van der Waals surface area contributed by atoms with E-state index < -0.39 is 0 Å². The molecule has 0 heterocycles. The molecule has 0 fully saturated rings. The monoisotopic (exact) mass is 304 g/mol. The minimum atomic E-state index is 0.106. The second-order valence-corrected chi connectivity index (χ2v) is 5.60. The highest BCUT2D eigenvalue weighted by Crippen LogP contribution is 2.26. The van der Waals surface area contributed by atoms with Crippen molar-refractivity contribution in [3.63, 3.8) is 0 Å². The van der Waals surface area contributed by atoms with Crippen molar-refractivity contribution in [1.29, 1.82) is 0 Å². The van der Waals surface area contributed by atoms with Gasteiger partial charge in [-0.05, 0) is 30.2 Å². The lowest BCUT2D eigenvalue weighted by atomic mass is 10.1. The van der Waals surface area contributed by atoms with Gasteiger partial charge in [0.15, 0.2) is 17.3 Å². The normalized spacial score (nSPS) is 11.0. The van der Waals surface area contributed by atoms with Crippen molar-refractivity contribution in [3.05, 3.63) is 29.8 Å². The molecule has 1 N–H and O–H groups in total. The van der Waals surface area contributed by atoms with Crippen molar-refractivity contribution in [3.8, 4) is 11.5 Å². The van der Waals surface area contributed by atoms with Gasteiger partial charge in [-0.1, -0.05) is 57.6 Å². The third-order valence-electron chi connectivity index (χ3n) is 3.69. The Morgan fingerprint density at radius 2 is 1.82 bits per heavy atom. The molecule has 0 aliphatic heterocycles. The van der Waals surface area contributed by atoms with E-state index in [9.17, 15) is 9.90 Å². The van der Waals surface area contributed by atoms with Gasteiger partial charge in [-0.2, -0.15) is 0 Å². The summed E-state index contributed by atoms with van der Waals surface area (Å²) in [6, 6.07) is 5.04. The number of phenolic OH excluding ortho intramolecular Hbond substituents is 1. The predicted octanol–water partition coefficient (Wildman–Crippen LogP) is 5.12. The van der Waals surface area contributed by atoms with E-state index in [2.05, 4.69) is 6.92 Å². The second-order valence-electron chi connectivity index (χ2n) is 5.60. The Bertz CT molecular complexity index is 478. The summed E-state index contributed by atoms with van der Waals surface area (Å²) in [5.74, 6) is 0.677. The average molecular weight is 304 g/mol. The summed E-state index contributed by atoms with van der Waals surface area (Å²) in [5, 5.41) is 9.52. The SMILES string of the molecule is CCCCCCCCCC(=O)C=Cc1ccc(O)c(OC)c1. The number of hydrogen-bond acceptors (Lipinski definition) is 3. The van der Waals surface area contributed by atoms with Crippen molar-refractivity contribution in [2.24, 2.45) is 0 Å². The van der Waals surface area contributed by atoms with Crippen molar-refractivity contribution in [1.82, 2.24) is 0 Å². The van der Waals surface area contributed by atoms with Crippen LogP contribution in [0.25, 0.3) is 6.08 Å². The van der Waals surface area contributed by atoms with Crippen LogP contribution in [-0.4, -0.2) is 18.0 Å². The summed E-state index contributed by atoms with van der Waals surface area (Å²) in [5.41, 5.74) is 0.850. The number of hydrogen-bond donors (Lipinski definition) is 1. The zero-order valence-corrected chi connectivity index (χ0v) is 13.8. The molecular weight excluding hydrogens is 276 g/mol. The summed E-state index contributed by atoms with van der Waals surface area (Å²) in [6.07, 6.45) is 12.5. The van der Waals surface area contributed by atoms with E-state index in [4.69, 9.17) is 4.74 Å². The molecule has 0 aromatic heterocycles. The first-order valence-electron chi connectivity index (χ1n) is 8.25. The number of aromatic hydroxyl groups is 1. The van der Waals surface area contributed by atoms with Crippen LogP contribution in [0.3, 0.4) is 0 Å². The first kappa shape index (κ1) is 18.3. The lowest BCUT2D eigenvalue weighted by Crippen LogP contribution is -1.92. The number of unbranched alkanes of at least 4 members (excludes halogenated alkanes) is 6. The van der Waals surface area contributed by atoms with Crippen molar-refractivity contribution in [2.75, 3.05) is 7.11 Å². The molecule has 1 rings (SSSR count). The van der Waals surface area contributed by atoms with Gasteiger partial charge < -0.3 is 9.84 Å². The van der Waals surface area contributed by atoms with E-state index in [0.29, 0.717) is 12.2 Å². The fourth-order valence-electron chi connectivity index (χ4n) is 2.33. The fourth-order valence-corrected chi connectivity index (χ4v) is 2.33. The third kappa shape index (κ3) is 7.30. The smallest absolute Gasteiger partial charge is 0.161 e. The fraction of sp³-hybridized carbons (Fsp3) is 0.526. The van der Waals surface area contributed by atoms with Crippen molar-refractivity contribution < 1.29 is 14.6 Å². The second kappa shape index (κ2) is 10.9. The van der Waals surface area contributed by atoms with E-state index in [0.717, 1.165) is 18.4 Å². The van der Waals surface area contributed by atoms with Crippen LogP contribution in [0.4, 0.5) is 0 Å². The van der Waals surface area contributed by atoms with E-state index in [1.165, 1.54) is 39.2 Å². The average Bonchev–Trinajstić information content (AvgIpc) is 2.53. The zero-order chi connectivity index (χ0) is 16.2. The Morgan fingerprint density at radius 3 is 2.50 bits per heavy atom. The number of rotatable bonds is 11.